The van der Waals surface area contributed by atoms with Gasteiger partial charge in [-0.05, 0) is 18.6 Å². The summed E-state index contributed by atoms with van der Waals surface area (Å²) in [6, 6.07) is 12.1. The Kier molecular flexibility index (Phi) is 2.56. The molecule has 0 bridgehead atoms. The number of rotatable bonds is 2. The van der Waals surface area contributed by atoms with Crippen LogP contribution in [0.15, 0.2) is 36.4 Å². The van der Waals surface area contributed by atoms with Crippen LogP contribution < -0.4 is 5.73 Å². The van der Waals surface area contributed by atoms with Crippen molar-refractivity contribution in [3.8, 4) is 10.4 Å². The van der Waals surface area contributed by atoms with E-state index in [9.17, 15) is 0 Å². The Morgan fingerprint density at radius 2 is 1.93 bits per heavy atom. The first-order chi connectivity index (χ1) is 7.18. The summed E-state index contributed by atoms with van der Waals surface area (Å²) in [5.41, 5.74) is 8.38. The predicted octanol–water partition coefficient (Wildman–Crippen LogP) is 3.39. The zero-order valence-corrected chi connectivity index (χ0v) is 9.27. The van der Waals surface area contributed by atoms with Crippen LogP contribution >= 0.6 is 11.3 Å². The molecule has 3 N–H and O–H groups in total. The van der Waals surface area contributed by atoms with Crippen molar-refractivity contribution in [2.75, 3.05) is 5.73 Å². The molecule has 0 spiro atoms. The van der Waals surface area contributed by atoms with Crippen molar-refractivity contribution in [1.29, 1.82) is 5.41 Å². The standard InChI is InChI=1S/C12H12N2S/c1-8(13)10-7-11(15-12(10)14)9-5-3-2-4-6-9/h2-7,13H,14H2,1H3. The van der Waals surface area contributed by atoms with Crippen LogP contribution in [0.1, 0.15) is 12.5 Å². The van der Waals surface area contributed by atoms with Gasteiger partial charge in [-0.15, -0.1) is 11.3 Å². The Hall–Kier alpha value is -1.61. The van der Waals surface area contributed by atoms with Crippen molar-refractivity contribution in [1.82, 2.24) is 0 Å². The number of nitrogens with one attached hydrogen (secondary N) is 1. The second-order valence-electron chi connectivity index (χ2n) is 3.38. The first-order valence-corrected chi connectivity index (χ1v) is 5.50. The van der Waals surface area contributed by atoms with Crippen molar-refractivity contribution in [3.63, 3.8) is 0 Å². The van der Waals surface area contributed by atoms with Crippen molar-refractivity contribution in [2.24, 2.45) is 0 Å². The van der Waals surface area contributed by atoms with Gasteiger partial charge in [0.1, 0.15) is 0 Å². The number of benzene rings is 1. The van der Waals surface area contributed by atoms with Crippen molar-refractivity contribution >= 4 is 22.0 Å². The van der Waals surface area contributed by atoms with Crippen molar-refractivity contribution in [3.05, 3.63) is 42.0 Å². The zero-order valence-electron chi connectivity index (χ0n) is 8.45. The van der Waals surface area contributed by atoms with Gasteiger partial charge in [0.15, 0.2) is 0 Å². The lowest BCUT2D eigenvalue weighted by Crippen LogP contribution is -1.93. The van der Waals surface area contributed by atoms with E-state index in [1.165, 1.54) is 11.3 Å². The molecule has 0 aliphatic heterocycles. The fourth-order valence-electron chi connectivity index (χ4n) is 1.44. The Morgan fingerprint density at radius 3 is 2.47 bits per heavy atom. The van der Waals surface area contributed by atoms with E-state index in [0.29, 0.717) is 5.71 Å². The number of nitrogens with two attached hydrogens (primary N) is 1. The molecular formula is C12H12N2S. The van der Waals surface area contributed by atoms with Gasteiger partial charge in [-0.3, -0.25) is 0 Å². The van der Waals surface area contributed by atoms with Crippen LogP contribution in [-0.2, 0) is 0 Å². The highest BCUT2D eigenvalue weighted by Crippen LogP contribution is 2.33. The number of anilines is 1. The summed E-state index contributed by atoms with van der Waals surface area (Å²) in [6.07, 6.45) is 0. The van der Waals surface area contributed by atoms with Gasteiger partial charge >= 0.3 is 0 Å². The largest absolute Gasteiger partial charge is 0.390 e. The van der Waals surface area contributed by atoms with E-state index in [1.54, 1.807) is 6.92 Å². The Morgan fingerprint density at radius 1 is 1.27 bits per heavy atom. The smallest absolute Gasteiger partial charge is 0.0954 e. The van der Waals surface area contributed by atoms with Gasteiger partial charge in [0.25, 0.3) is 0 Å². The van der Waals surface area contributed by atoms with Crippen LogP contribution in [0, 0.1) is 5.41 Å². The zero-order chi connectivity index (χ0) is 10.8. The summed E-state index contributed by atoms with van der Waals surface area (Å²) in [7, 11) is 0. The minimum absolute atomic E-state index is 0.519. The summed E-state index contributed by atoms with van der Waals surface area (Å²) < 4.78 is 0. The van der Waals surface area contributed by atoms with E-state index in [0.717, 1.165) is 21.0 Å². The quantitative estimate of drug-likeness (QED) is 0.743. The summed E-state index contributed by atoms with van der Waals surface area (Å²) in [6.45, 7) is 1.76. The third-order valence-electron chi connectivity index (χ3n) is 2.22. The average Bonchev–Trinajstić information content (AvgIpc) is 2.62. The third-order valence-corrected chi connectivity index (χ3v) is 3.24. The molecule has 2 aromatic rings. The second-order valence-corrected chi connectivity index (χ2v) is 4.46. The average molecular weight is 216 g/mol. The van der Waals surface area contributed by atoms with Gasteiger partial charge in [-0.1, -0.05) is 30.3 Å². The predicted molar refractivity (Wildman–Crippen MR) is 66.7 cm³/mol. The molecule has 0 aliphatic rings. The lowest BCUT2D eigenvalue weighted by Gasteiger charge is -1.94. The van der Waals surface area contributed by atoms with E-state index in [-0.39, 0.29) is 0 Å². The molecule has 15 heavy (non-hydrogen) atoms. The number of nitrogen functional groups attached to an aromatic ring is 1. The van der Waals surface area contributed by atoms with E-state index < -0.39 is 0 Å². The first-order valence-electron chi connectivity index (χ1n) is 4.68. The second kappa shape index (κ2) is 3.87. The minimum Gasteiger partial charge on any atom is -0.390 e. The molecular weight excluding hydrogens is 204 g/mol. The molecule has 1 aromatic heterocycles. The molecule has 0 saturated heterocycles. The van der Waals surface area contributed by atoms with E-state index in [1.807, 2.05) is 36.4 Å². The SMILES string of the molecule is CC(=N)c1cc(-c2ccccc2)sc1N. The molecule has 0 unspecified atom stereocenters. The Balaban J connectivity index is 2.48. The molecule has 2 rings (SSSR count). The molecule has 0 amide bonds. The van der Waals surface area contributed by atoms with Gasteiger partial charge in [0.05, 0.1) is 5.00 Å². The normalized spacial score (nSPS) is 10.2. The highest BCUT2D eigenvalue weighted by atomic mass is 32.1. The van der Waals surface area contributed by atoms with Crippen molar-refractivity contribution < 1.29 is 0 Å². The van der Waals surface area contributed by atoms with E-state index in [4.69, 9.17) is 11.1 Å². The van der Waals surface area contributed by atoms with E-state index in [2.05, 4.69) is 0 Å². The van der Waals surface area contributed by atoms with Gasteiger partial charge in [0.2, 0.25) is 0 Å². The topological polar surface area (TPSA) is 49.9 Å². The molecule has 1 aromatic carbocycles. The molecule has 0 atom stereocenters. The molecule has 0 fully saturated rings. The van der Waals surface area contributed by atoms with Crippen LogP contribution in [0.4, 0.5) is 5.00 Å². The van der Waals surface area contributed by atoms with Crippen LogP contribution in [0.25, 0.3) is 10.4 Å². The van der Waals surface area contributed by atoms with Gasteiger partial charge in [0, 0.05) is 16.2 Å². The summed E-state index contributed by atoms with van der Waals surface area (Å²) in [5.74, 6) is 0. The number of hydrogen-bond acceptors (Lipinski definition) is 3. The van der Waals surface area contributed by atoms with Crippen molar-refractivity contribution in [2.45, 2.75) is 6.92 Å². The Bertz CT molecular complexity index is 486. The van der Waals surface area contributed by atoms with Gasteiger partial charge in [-0.25, -0.2) is 0 Å². The summed E-state index contributed by atoms with van der Waals surface area (Å²) in [4.78, 5) is 1.12. The van der Waals surface area contributed by atoms with E-state index >= 15 is 0 Å². The molecule has 0 aliphatic carbocycles. The molecule has 0 radical (unpaired) electrons. The highest BCUT2D eigenvalue weighted by Gasteiger charge is 2.08. The Labute approximate surface area is 92.9 Å². The van der Waals surface area contributed by atoms with Gasteiger partial charge in [-0.2, -0.15) is 0 Å². The lowest BCUT2D eigenvalue weighted by molar-refractivity contribution is 1.47. The number of thiophene rings is 1. The fourth-order valence-corrected chi connectivity index (χ4v) is 2.43. The fraction of sp³-hybridized carbons (Fsp3) is 0.0833. The summed E-state index contributed by atoms with van der Waals surface area (Å²) in [5, 5.41) is 8.30. The summed E-state index contributed by atoms with van der Waals surface area (Å²) >= 11 is 1.53. The van der Waals surface area contributed by atoms with Crippen LogP contribution in [-0.4, -0.2) is 5.71 Å². The molecule has 0 saturated carbocycles. The first kappa shape index (κ1) is 9.93. The lowest BCUT2D eigenvalue weighted by atomic mass is 10.1. The molecule has 76 valence electrons. The third kappa shape index (κ3) is 1.92. The number of hydrogen-bond donors (Lipinski definition) is 2. The maximum Gasteiger partial charge on any atom is 0.0954 e. The maximum absolute atomic E-state index is 7.58. The van der Waals surface area contributed by atoms with Crippen LogP contribution in [0.3, 0.4) is 0 Å². The molecule has 3 heteroatoms. The van der Waals surface area contributed by atoms with Crippen LogP contribution in [0.2, 0.25) is 0 Å². The molecule has 2 nitrogen and oxygen atoms in total. The molecule has 1 heterocycles. The minimum atomic E-state index is 0.519. The monoisotopic (exact) mass is 216 g/mol. The highest BCUT2D eigenvalue weighted by molar-refractivity contribution is 7.19. The van der Waals surface area contributed by atoms with Crippen LogP contribution in [0.5, 0.6) is 0 Å². The van der Waals surface area contributed by atoms with Gasteiger partial charge < -0.3 is 11.1 Å². The maximum atomic E-state index is 7.58.